The van der Waals surface area contributed by atoms with Crippen molar-refractivity contribution >= 4 is 17.3 Å². The summed E-state index contributed by atoms with van der Waals surface area (Å²) in [4.78, 5) is 14.4. The first kappa shape index (κ1) is 18.3. The van der Waals surface area contributed by atoms with E-state index in [1.165, 1.54) is 12.1 Å². The highest BCUT2D eigenvalue weighted by molar-refractivity contribution is 6.04. The van der Waals surface area contributed by atoms with Gasteiger partial charge in [0.05, 0.1) is 18.3 Å². The van der Waals surface area contributed by atoms with E-state index in [2.05, 4.69) is 10.2 Å². The maximum Gasteiger partial charge on any atom is 0.416 e. The number of anilines is 2. The van der Waals surface area contributed by atoms with Crippen LogP contribution < -0.4 is 10.2 Å². The van der Waals surface area contributed by atoms with Crippen molar-refractivity contribution in [2.45, 2.75) is 19.2 Å². The minimum atomic E-state index is -4.41. The highest BCUT2D eigenvalue weighted by Gasteiger charge is 2.30. The van der Waals surface area contributed by atoms with Crippen molar-refractivity contribution < 1.29 is 22.7 Å². The second kappa shape index (κ2) is 7.37. The molecule has 1 atom stereocenters. The number of benzene rings is 2. The van der Waals surface area contributed by atoms with Crippen LogP contribution in [0.15, 0.2) is 48.5 Å². The molecule has 0 bridgehead atoms. The van der Waals surface area contributed by atoms with Crippen molar-refractivity contribution in [2.75, 3.05) is 29.9 Å². The number of alkyl halides is 3. The molecule has 1 unspecified atom stereocenters. The number of hydrogen-bond donors (Lipinski definition) is 1. The highest BCUT2D eigenvalue weighted by atomic mass is 19.4. The van der Waals surface area contributed by atoms with Crippen LogP contribution in [0.5, 0.6) is 0 Å². The van der Waals surface area contributed by atoms with Crippen LogP contribution in [0.2, 0.25) is 0 Å². The van der Waals surface area contributed by atoms with E-state index in [0.717, 1.165) is 30.9 Å². The van der Waals surface area contributed by atoms with E-state index in [0.29, 0.717) is 12.3 Å². The lowest BCUT2D eigenvalue weighted by atomic mass is 10.1. The fraction of sp³-hybridized carbons (Fsp3) is 0.316. The van der Waals surface area contributed by atoms with Gasteiger partial charge in [0.25, 0.3) is 5.91 Å². The number of carbonyl (C=O) groups is 1. The Morgan fingerprint density at radius 3 is 2.35 bits per heavy atom. The number of carbonyl (C=O) groups excluding carboxylic acids is 1. The molecular weight excluding hydrogens is 345 g/mol. The van der Waals surface area contributed by atoms with Crippen molar-refractivity contribution in [3.8, 4) is 0 Å². The average Bonchev–Trinajstić information content (AvgIpc) is 2.62. The van der Waals surface area contributed by atoms with Gasteiger partial charge in [0.2, 0.25) is 0 Å². The lowest BCUT2D eigenvalue weighted by Crippen LogP contribution is -2.41. The third-order valence-electron chi connectivity index (χ3n) is 4.21. The Morgan fingerprint density at radius 1 is 1.12 bits per heavy atom. The Labute approximate surface area is 149 Å². The van der Waals surface area contributed by atoms with Crippen molar-refractivity contribution in [1.82, 2.24) is 0 Å². The maximum atomic E-state index is 12.6. The van der Waals surface area contributed by atoms with Crippen LogP contribution in [0.25, 0.3) is 0 Å². The molecule has 1 aliphatic rings. The lowest BCUT2D eigenvalue weighted by Gasteiger charge is -2.33. The van der Waals surface area contributed by atoms with Gasteiger partial charge < -0.3 is 15.0 Å². The van der Waals surface area contributed by atoms with Gasteiger partial charge >= 0.3 is 6.18 Å². The minimum absolute atomic E-state index is 0.169. The topological polar surface area (TPSA) is 41.6 Å². The number of rotatable bonds is 3. The van der Waals surface area contributed by atoms with Crippen LogP contribution in [0.1, 0.15) is 22.8 Å². The first-order valence-corrected chi connectivity index (χ1v) is 8.28. The summed E-state index contributed by atoms with van der Waals surface area (Å²) < 4.78 is 43.2. The van der Waals surface area contributed by atoms with Gasteiger partial charge in [-0.15, -0.1) is 0 Å². The van der Waals surface area contributed by atoms with E-state index in [1.54, 1.807) is 12.1 Å². The van der Waals surface area contributed by atoms with E-state index in [4.69, 9.17) is 4.74 Å². The molecule has 138 valence electrons. The van der Waals surface area contributed by atoms with Gasteiger partial charge in [0.1, 0.15) is 0 Å². The van der Waals surface area contributed by atoms with E-state index in [1.807, 2.05) is 19.1 Å². The smallest absolute Gasteiger partial charge is 0.375 e. The Bertz CT molecular complexity index is 758. The molecule has 2 aromatic carbocycles. The predicted molar refractivity (Wildman–Crippen MR) is 93.5 cm³/mol. The molecule has 2 aromatic rings. The number of ether oxygens (including phenoxy) is 1. The van der Waals surface area contributed by atoms with Gasteiger partial charge in [-0.05, 0) is 55.5 Å². The fourth-order valence-electron chi connectivity index (χ4n) is 2.82. The zero-order chi connectivity index (χ0) is 18.7. The van der Waals surface area contributed by atoms with E-state index >= 15 is 0 Å². The zero-order valence-corrected chi connectivity index (χ0v) is 14.2. The first-order valence-electron chi connectivity index (χ1n) is 8.28. The number of nitrogens with one attached hydrogen (secondary N) is 1. The van der Waals surface area contributed by atoms with Gasteiger partial charge in [-0.2, -0.15) is 13.2 Å². The third kappa shape index (κ3) is 4.35. The monoisotopic (exact) mass is 364 g/mol. The summed E-state index contributed by atoms with van der Waals surface area (Å²) in [6.07, 6.45) is -4.25. The summed E-state index contributed by atoms with van der Waals surface area (Å²) in [5.41, 5.74) is 1.01. The third-order valence-corrected chi connectivity index (χ3v) is 4.21. The normalized spacial score (nSPS) is 17.8. The van der Waals surface area contributed by atoms with Crippen LogP contribution in [0, 0.1) is 0 Å². The van der Waals surface area contributed by atoms with Gasteiger partial charge in [-0.1, -0.05) is 0 Å². The highest BCUT2D eigenvalue weighted by Crippen LogP contribution is 2.29. The second-order valence-corrected chi connectivity index (χ2v) is 6.20. The number of nitrogens with zero attached hydrogens (tertiary/aromatic N) is 1. The molecule has 1 aliphatic heterocycles. The van der Waals surface area contributed by atoms with Crippen molar-refractivity contribution in [3.63, 3.8) is 0 Å². The fourth-order valence-corrected chi connectivity index (χ4v) is 2.82. The molecule has 0 aromatic heterocycles. The maximum absolute atomic E-state index is 12.6. The van der Waals surface area contributed by atoms with E-state index < -0.39 is 17.6 Å². The van der Waals surface area contributed by atoms with Crippen molar-refractivity contribution in [1.29, 1.82) is 0 Å². The van der Waals surface area contributed by atoms with Gasteiger partial charge in [0, 0.05) is 30.0 Å². The average molecular weight is 364 g/mol. The molecule has 1 saturated heterocycles. The molecule has 1 N–H and O–H groups in total. The second-order valence-electron chi connectivity index (χ2n) is 6.20. The van der Waals surface area contributed by atoms with Gasteiger partial charge in [0.15, 0.2) is 0 Å². The molecule has 4 nitrogen and oxygen atoms in total. The Balaban J connectivity index is 1.64. The molecule has 0 aliphatic carbocycles. The quantitative estimate of drug-likeness (QED) is 0.888. The standard InChI is InChI=1S/C19H19F3N2O2/c1-13-12-24(10-11-26-13)17-8-6-16(7-9-17)23-18(25)14-2-4-15(5-3-14)19(20,21)22/h2-9,13H,10-12H2,1H3,(H,23,25). The summed E-state index contributed by atoms with van der Waals surface area (Å²) in [5.74, 6) is -0.452. The van der Waals surface area contributed by atoms with Crippen LogP contribution in [0.3, 0.4) is 0 Å². The summed E-state index contributed by atoms with van der Waals surface area (Å²) in [6.45, 7) is 4.30. The SMILES string of the molecule is CC1CN(c2ccc(NC(=O)c3ccc(C(F)(F)F)cc3)cc2)CCO1. The molecule has 1 heterocycles. The molecular formula is C19H19F3N2O2. The Hall–Kier alpha value is -2.54. The van der Waals surface area contributed by atoms with Crippen LogP contribution in [0.4, 0.5) is 24.5 Å². The van der Waals surface area contributed by atoms with Crippen molar-refractivity contribution in [2.24, 2.45) is 0 Å². The zero-order valence-electron chi connectivity index (χ0n) is 14.2. The summed E-state index contributed by atoms with van der Waals surface area (Å²) in [7, 11) is 0. The minimum Gasteiger partial charge on any atom is -0.375 e. The Morgan fingerprint density at radius 2 is 1.77 bits per heavy atom. The molecule has 0 spiro atoms. The lowest BCUT2D eigenvalue weighted by molar-refractivity contribution is -0.137. The van der Waals surface area contributed by atoms with Crippen molar-refractivity contribution in [3.05, 3.63) is 59.7 Å². The van der Waals surface area contributed by atoms with Gasteiger partial charge in [-0.25, -0.2) is 0 Å². The largest absolute Gasteiger partial charge is 0.416 e. The molecule has 3 rings (SSSR count). The molecule has 1 fully saturated rings. The molecule has 26 heavy (non-hydrogen) atoms. The molecule has 0 radical (unpaired) electrons. The molecule has 0 saturated carbocycles. The number of amides is 1. The van der Waals surface area contributed by atoms with Crippen LogP contribution >= 0.6 is 0 Å². The summed E-state index contributed by atoms with van der Waals surface area (Å²) >= 11 is 0. The number of morpholine rings is 1. The van der Waals surface area contributed by atoms with E-state index in [9.17, 15) is 18.0 Å². The molecule has 1 amide bonds. The summed E-state index contributed by atoms with van der Waals surface area (Å²) in [5, 5.41) is 2.69. The first-order chi connectivity index (χ1) is 12.3. The summed E-state index contributed by atoms with van der Waals surface area (Å²) in [6, 6.07) is 11.5. The number of hydrogen-bond acceptors (Lipinski definition) is 3. The Kier molecular flexibility index (Phi) is 5.18. The van der Waals surface area contributed by atoms with Crippen LogP contribution in [-0.2, 0) is 10.9 Å². The van der Waals surface area contributed by atoms with Crippen LogP contribution in [-0.4, -0.2) is 31.7 Å². The predicted octanol–water partition coefficient (Wildman–Crippen LogP) is 4.18. The van der Waals surface area contributed by atoms with Gasteiger partial charge in [-0.3, -0.25) is 4.79 Å². The van der Waals surface area contributed by atoms with E-state index in [-0.39, 0.29) is 11.7 Å². The molecule has 7 heteroatoms. The number of halogens is 3.